The van der Waals surface area contributed by atoms with E-state index >= 15 is 0 Å². The molecule has 0 aromatic carbocycles. The molecule has 0 aliphatic carbocycles. The fourth-order valence-corrected chi connectivity index (χ4v) is 3.94. The lowest BCUT2D eigenvalue weighted by molar-refractivity contribution is -0.136. The van der Waals surface area contributed by atoms with Gasteiger partial charge in [-0.25, -0.2) is 0 Å². The molecule has 0 unspecified atom stereocenters. The SMILES string of the molecule is COCCN1CCC(C(=O)N2C[C@@H](Cc3ccncc3)[C@H](O)C2)CC1. The number of nitrogens with zero attached hydrogens (tertiary/aromatic N) is 3. The Hall–Kier alpha value is -1.50. The number of hydrogen-bond donors (Lipinski definition) is 1. The maximum Gasteiger partial charge on any atom is 0.225 e. The molecule has 0 saturated carbocycles. The second kappa shape index (κ2) is 8.74. The van der Waals surface area contributed by atoms with Crippen molar-refractivity contribution in [3.05, 3.63) is 30.1 Å². The minimum atomic E-state index is -0.432. The number of aliphatic hydroxyl groups excluding tert-OH is 1. The number of aromatic nitrogens is 1. The zero-order valence-electron chi connectivity index (χ0n) is 15.0. The van der Waals surface area contributed by atoms with Gasteiger partial charge < -0.3 is 19.6 Å². The molecule has 3 heterocycles. The van der Waals surface area contributed by atoms with Gasteiger partial charge in [0.1, 0.15) is 0 Å². The number of carbonyl (C=O) groups is 1. The molecule has 1 aromatic rings. The number of carbonyl (C=O) groups excluding carboxylic acids is 1. The lowest BCUT2D eigenvalue weighted by Crippen LogP contribution is -2.42. The summed E-state index contributed by atoms with van der Waals surface area (Å²) in [5.74, 6) is 0.446. The molecule has 1 aromatic heterocycles. The molecule has 3 rings (SSSR count). The summed E-state index contributed by atoms with van der Waals surface area (Å²) in [5.41, 5.74) is 1.17. The van der Waals surface area contributed by atoms with Crippen molar-refractivity contribution in [1.29, 1.82) is 0 Å². The van der Waals surface area contributed by atoms with E-state index in [2.05, 4.69) is 9.88 Å². The molecule has 6 heteroatoms. The highest BCUT2D eigenvalue weighted by molar-refractivity contribution is 5.79. The third-order valence-corrected chi connectivity index (χ3v) is 5.51. The number of rotatable bonds is 6. The fourth-order valence-electron chi connectivity index (χ4n) is 3.94. The van der Waals surface area contributed by atoms with Crippen LogP contribution in [0.25, 0.3) is 0 Å². The van der Waals surface area contributed by atoms with Gasteiger partial charge >= 0.3 is 0 Å². The normalized spacial score (nSPS) is 25.4. The summed E-state index contributed by atoms with van der Waals surface area (Å²) in [6.07, 6.45) is 5.73. The van der Waals surface area contributed by atoms with Gasteiger partial charge in [-0.1, -0.05) is 0 Å². The molecule has 2 aliphatic rings. The predicted octanol–water partition coefficient (Wildman–Crippen LogP) is 0.802. The molecule has 2 aliphatic heterocycles. The topological polar surface area (TPSA) is 65.9 Å². The minimum absolute atomic E-state index is 0.102. The monoisotopic (exact) mass is 347 g/mol. The van der Waals surface area contributed by atoms with Crippen LogP contribution in [0.3, 0.4) is 0 Å². The lowest BCUT2D eigenvalue weighted by Gasteiger charge is -2.33. The van der Waals surface area contributed by atoms with Crippen LogP contribution in [0.4, 0.5) is 0 Å². The molecular formula is C19H29N3O3. The van der Waals surface area contributed by atoms with Gasteiger partial charge in [-0.05, 0) is 50.0 Å². The van der Waals surface area contributed by atoms with E-state index in [0.717, 1.165) is 45.5 Å². The number of β-amino-alcohol motifs (C(OH)–C–C–N with tert-alkyl or cyclic N) is 1. The number of aliphatic hydroxyl groups is 1. The van der Waals surface area contributed by atoms with E-state index in [0.29, 0.717) is 13.1 Å². The first-order chi connectivity index (χ1) is 12.2. The molecule has 25 heavy (non-hydrogen) atoms. The molecule has 1 amide bonds. The molecule has 6 nitrogen and oxygen atoms in total. The van der Waals surface area contributed by atoms with E-state index in [1.807, 2.05) is 17.0 Å². The first-order valence-corrected chi connectivity index (χ1v) is 9.24. The number of likely N-dealkylation sites (tertiary alicyclic amines) is 2. The third-order valence-electron chi connectivity index (χ3n) is 5.51. The summed E-state index contributed by atoms with van der Waals surface area (Å²) in [5, 5.41) is 10.4. The summed E-state index contributed by atoms with van der Waals surface area (Å²) in [6.45, 7) is 4.72. The van der Waals surface area contributed by atoms with Crippen LogP contribution in [0.1, 0.15) is 18.4 Å². The Morgan fingerprint density at radius 1 is 1.28 bits per heavy atom. The van der Waals surface area contributed by atoms with Gasteiger partial charge in [-0.15, -0.1) is 0 Å². The molecule has 2 saturated heterocycles. The van der Waals surface area contributed by atoms with Crippen molar-refractivity contribution in [2.24, 2.45) is 11.8 Å². The first kappa shape index (κ1) is 18.3. The van der Waals surface area contributed by atoms with Crippen molar-refractivity contribution >= 4 is 5.91 Å². The van der Waals surface area contributed by atoms with Gasteiger partial charge in [-0.3, -0.25) is 9.78 Å². The molecule has 0 bridgehead atoms. The van der Waals surface area contributed by atoms with Crippen LogP contribution < -0.4 is 0 Å². The van der Waals surface area contributed by atoms with Gasteiger partial charge in [0.25, 0.3) is 0 Å². The highest BCUT2D eigenvalue weighted by Gasteiger charge is 2.37. The van der Waals surface area contributed by atoms with Gasteiger partial charge in [0, 0.05) is 51.0 Å². The molecule has 0 spiro atoms. The molecule has 2 atom stereocenters. The van der Waals surface area contributed by atoms with E-state index in [4.69, 9.17) is 4.74 Å². The molecule has 0 radical (unpaired) electrons. The number of hydrogen-bond acceptors (Lipinski definition) is 5. The third kappa shape index (κ3) is 4.77. The summed E-state index contributed by atoms with van der Waals surface area (Å²) < 4.78 is 5.12. The summed E-state index contributed by atoms with van der Waals surface area (Å²) >= 11 is 0. The number of methoxy groups -OCH3 is 1. The van der Waals surface area contributed by atoms with E-state index in [1.165, 1.54) is 5.56 Å². The Bertz CT molecular complexity index is 546. The average molecular weight is 347 g/mol. The van der Waals surface area contributed by atoms with Gasteiger partial charge in [0.05, 0.1) is 12.7 Å². The minimum Gasteiger partial charge on any atom is -0.391 e. The van der Waals surface area contributed by atoms with Crippen LogP contribution in [0, 0.1) is 11.8 Å². The van der Waals surface area contributed by atoms with Crippen molar-refractivity contribution in [1.82, 2.24) is 14.8 Å². The summed E-state index contributed by atoms with van der Waals surface area (Å²) in [6, 6.07) is 3.96. The standard InChI is InChI=1S/C19H29N3O3/c1-25-11-10-21-8-4-16(5-9-21)19(24)22-13-17(18(23)14-22)12-15-2-6-20-7-3-15/h2-3,6-7,16-18,23H,4-5,8-14H2,1H3/t17-,18-/m1/s1. The van der Waals surface area contributed by atoms with Crippen LogP contribution in [0.2, 0.25) is 0 Å². The van der Waals surface area contributed by atoms with Gasteiger partial charge in [0.15, 0.2) is 0 Å². The number of pyridine rings is 1. The average Bonchev–Trinajstić information content (AvgIpc) is 3.01. The first-order valence-electron chi connectivity index (χ1n) is 9.24. The van der Waals surface area contributed by atoms with Crippen molar-refractivity contribution in [3.8, 4) is 0 Å². The Balaban J connectivity index is 1.49. The Morgan fingerprint density at radius 2 is 2.00 bits per heavy atom. The fraction of sp³-hybridized carbons (Fsp3) is 0.684. The molecule has 138 valence electrons. The number of amides is 1. The Labute approximate surface area is 149 Å². The summed E-state index contributed by atoms with van der Waals surface area (Å²) in [7, 11) is 1.72. The van der Waals surface area contributed by atoms with Crippen molar-refractivity contribution < 1.29 is 14.6 Å². The highest BCUT2D eigenvalue weighted by Crippen LogP contribution is 2.26. The van der Waals surface area contributed by atoms with Gasteiger partial charge in [0.2, 0.25) is 5.91 Å². The van der Waals surface area contributed by atoms with Crippen LogP contribution in [0.5, 0.6) is 0 Å². The number of ether oxygens (including phenoxy) is 1. The Kier molecular flexibility index (Phi) is 6.39. The van der Waals surface area contributed by atoms with Gasteiger partial charge in [-0.2, -0.15) is 0 Å². The van der Waals surface area contributed by atoms with E-state index in [-0.39, 0.29) is 17.7 Å². The smallest absolute Gasteiger partial charge is 0.225 e. The highest BCUT2D eigenvalue weighted by atomic mass is 16.5. The van der Waals surface area contributed by atoms with E-state index in [1.54, 1.807) is 19.5 Å². The largest absolute Gasteiger partial charge is 0.391 e. The Morgan fingerprint density at radius 3 is 2.68 bits per heavy atom. The maximum absolute atomic E-state index is 12.8. The second-order valence-corrected chi connectivity index (χ2v) is 7.24. The zero-order chi connectivity index (χ0) is 17.6. The molecule has 1 N–H and O–H groups in total. The molecular weight excluding hydrogens is 318 g/mol. The predicted molar refractivity (Wildman–Crippen MR) is 95.1 cm³/mol. The van der Waals surface area contributed by atoms with E-state index in [9.17, 15) is 9.90 Å². The van der Waals surface area contributed by atoms with Crippen molar-refractivity contribution in [2.75, 3.05) is 46.4 Å². The summed E-state index contributed by atoms with van der Waals surface area (Å²) in [4.78, 5) is 21.1. The van der Waals surface area contributed by atoms with Crippen LogP contribution in [0.15, 0.2) is 24.5 Å². The van der Waals surface area contributed by atoms with Crippen molar-refractivity contribution in [2.45, 2.75) is 25.4 Å². The second-order valence-electron chi connectivity index (χ2n) is 7.24. The zero-order valence-corrected chi connectivity index (χ0v) is 15.0. The maximum atomic E-state index is 12.8. The van der Waals surface area contributed by atoms with Crippen molar-refractivity contribution in [3.63, 3.8) is 0 Å². The number of piperidine rings is 1. The van der Waals surface area contributed by atoms with E-state index < -0.39 is 6.10 Å². The van der Waals surface area contributed by atoms with Crippen LogP contribution in [-0.2, 0) is 16.0 Å². The lowest BCUT2D eigenvalue weighted by atomic mass is 9.95. The van der Waals surface area contributed by atoms with Crippen LogP contribution in [-0.4, -0.2) is 78.3 Å². The van der Waals surface area contributed by atoms with Crippen LogP contribution >= 0.6 is 0 Å². The quantitative estimate of drug-likeness (QED) is 0.825. The molecule has 2 fully saturated rings.